The molecular weight excluding hydrogens is 377 g/mol. The number of aromatic nitrogens is 1. The van der Waals surface area contributed by atoms with Crippen molar-refractivity contribution in [3.05, 3.63) is 57.9 Å². The average molecular weight is 391 g/mol. The van der Waals surface area contributed by atoms with Gasteiger partial charge >= 0.3 is 0 Å². The number of aryl methyl sites for hydroxylation is 1. The van der Waals surface area contributed by atoms with Gasteiger partial charge in [0.25, 0.3) is 0 Å². The van der Waals surface area contributed by atoms with E-state index in [9.17, 15) is 0 Å². The summed E-state index contributed by atoms with van der Waals surface area (Å²) in [6.07, 6.45) is 0. The SMILES string of the molecule is COc1ccc(-c2nc(-c3ccc(C)cc3)c(I)o2)cc1. The molecule has 3 nitrogen and oxygen atoms in total. The van der Waals surface area contributed by atoms with Crippen LogP contribution in [0, 0.1) is 10.7 Å². The molecule has 0 aliphatic rings. The van der Waals surface area contributed by atoms with Gasteiger partial charge in [-0.25, -0.2) is 4.98 Å². The Morgan fingerprint density at radius 1 is 0.952 bits per heavy atom. The zero-order valence-corrected chi connectivity index (χ0v) is 13.9. The van der Waals surface area contributed by atoms with Crippen molar-refractivity contribution in [3.63, 3.8) is 0 Å². The van der Waals surface area contributed by atoms with Crippen molar-refractivity contribution in [3.8, 4) is 28.5 Å². The lowest BCUT2D eigenvalue weighted by molar-refractivity contribution is 0.415. The van der Waals surface area contributed by atoms with Gasteiger partial charge in [0.2, 0.25) is 5.89 Å². The Balaban J connectivity index is 1.98. The minimum absolute atomic E-state index is 0.623. The van der Waals surface area contributed by atoms with Crippen molar-refractivity contribution < 1.29 is 9.15 Å². The summed E-state index contributed by atoms with van der Waals surface area (Å²) in [6.45, 7) is 2.07. The van der Waals surface area contributed by atoms with Gasteiger partial charge < -0.3 is 9.15 Å². The fourth-order valence-corrected chi connectivity index (χ4v) is 2.69. The van der Waals surface area contributed by atoms with E-state index in [-0.39, 0.29) is 0 Å². The lowest BCUT2D eigenvalue weighted by Crippen LogP contribution is -1.83. The number of hydrogen-bond acceptors (Lipinski definition) is 3. The molecule has 0 saturated carbocycles. The minimum atomic E-state index is 0.623. The van der Waals surface area contributed by atoms with E-state index in [0.29, 0.717) is 5.89 Å². The molecule has 0 amide bonds. The van der Waals surface area contributed by atoms with Gasteiger partial charge in [0, 0.05) is 33.7 Å². The Morgan fingerprint density at radius 3 is 2.19 bits per heavy atom. The first-order valence-electron chi connectivity index (χ1n) is 6.55. The molecule has 3 rings (SSSR count). The number of rotatable bonds is 3. The largest absolute Gasteiger partial charge is 0.497 e. The predicted molar refractivity (Wildman–Crippen MR) is 91.4 cm³/mol. The summed E-state index contributed by atoms with van der Waals surface area (Å²) in [5.41, 5.74) is 4.11. The molecule has 0 unspecified atom stereocenters. The fourth-order valence-electron chi connectivity index (χ4n) is 2.05. The van der Waals surface area contributed by atoms with Crippen LogP contribution in [0.2, 0.25) is 0 Å². The monoisotopic (exact) mass is 391 g/mol. The van der Waals surface area contributed by atoms with Gasteiger partial charge in [0.1, 0.15) is 11.4 Å². The van der Waals surface area contributed by atoms with Crippen molar-refractivity contribution in [2.75, 3.05) is 7.11 Å². The number of oxazole rings is 1. The second-order valence-corrected chi connectivity index (χ2v) is 5.72. The van der Waals surface area contributed by atoms with Crippen LogP contribution < -0.4 is 4.74 Å². The molecule has 0 atom stereocenters. The maximum atomic E-state index is 5.79. The Morgan fingerprint density at radius 2 is 1.57 bits per heavy atom. The Labute approximate surface area is 137 Å². The molecule has 0 fully saturated rings. The van der Waals surface area contributed by atoms with Crippen LogP contribution in [0.1, 0.15) is 5.56 Å². The molecule has 0 saturated heterocycles. The summed E-state index contributed by atoms with van der Waals surface area (Å²) in [4.78, 5) is 4.62. The van der Waals surface area contributed by atoms with E-state index in [1.165, 1.54) is 5.56 Å². The number of methoxy groups -OCH3 is 1. The maximum absolute atomic E-state index is 5.79. The topological polar surface area (TPSA) is 35.3 Å². The molecule has 4 heteroatoms. The average Bonchev–Trinajstić information content (AvgIpc) is 2.90. The van der Waals surface area contributed by atoms with Crippen molar-refractivity contribution >= 4 is 22.6 Å². The Kier molecular flexibility index (Phi) is 3.96. The van der Waals surface area contributed by atoms with Crippen LogP contribution in [0.3, 0.4) is 0 Å². The van der Waals surface area contributed by atoms with Crippen LogP contribution in [0.5, 0.6) is 5.75 Å². The molecule has 21 heavy (non-hydrogen) atoms. The molecule has 0 spiro atoms. The third-order valence-corrected chi connectivity index (χ3v) is 3.98. The standard InChI is InChI=1S/C17H14INO2/c1-11-3-5-12(6-4-11)15-16(18)21-17(19-15)13-7-9-14(20-2)10-8-13/h3-10H,1-2H3. The summed E-state index contributed by atoms with van der Waals surface area (Å²) in [7, 11) is 1.65. The lowest BCUT2D eigenvalue weighted by atomic mass is 10.1. The van der Waals surface area contributed by atoms with Crippen LogP contribution in [-0.2, 0) is 0 Å². The number of benzene rings is 2. The van der Waals surface area contributed by atoms with Gasteiger partial charge in [0.05, 0.1) is 7.11 Å². The van der Waals surface area contributed by atoms with Crippen LogP contribution in [0.15, 0.2) is 52.9 Å². The summed E-state index contributed by atoms with van der Waals surface area (Å²) in [5.74, 6) is 1.44. The van der Waals surface area contributed by atoms with Crippen LogP contribution >= 0.6 is 22.6 Å². The minimum Gasteiger partial charge on any atom is -0.497 e. The normalized spacial score (nSPS) is 10.6. The predicted octanol–water partition coefficient (Wildman–Crippen LogP) is 4.93. The van der Waals surface area contributed by atoms with Gasteiger partial charge in [0.15, 0.2) is 3.77 Å². The summed E-state index contributed by atoms with van der Waals surface area (Å²) < 4.78 is 11.7. The van der Waals surface area contributed by atoms with Gasteiger partial charge in [-0.1, -0.05) is 29.8 Å². The van der Waals surface area contributed by atoms with E-state index < -0.39 is 0 Å². The Hall–Kier alpha value is -1.82. The molecule has 0 radical (unpaired) electrons. The third-order valence-electron chi connectivity index (χ3n) is 3.25. The van der Waals surface area contributed by atoms with E-state index in [2.05, 4.69) is 58.8 Å². The first-order chi connectivity index (χ1) is 10.2. The van der Waals surface area contributed by atoms with Crippen LogP contribution in [0.4, 0.5) is 0 Å². The molecule has 0 aliphatic carbocycles. The van der Waals surface area contributed by atoms with E-state index in [1.54, 1.807) is 7.11 Å². The number of hydrogen-bond donors (Lipinski definition) is 0. The van der Waals surface area contributed by atoms with Crippen LogP contribution in [0.25, 0.3) is 22.7 Å². The van der Waals surface area contributed by atoms with E-state index in [1.807, 2.05) is 24.3 Å². The molecule has 3 aromatic rings. The smallest absolute Gasteiger partial charge is 0.228 e. The van der Waals surface area contributed by atoms with Crippen LogP contribution in [-0.4, -0.2) is 12.1 Å². The number of nitrogens with zero attached hydrogens (tertiary/aromatic N) is 1. The second-order valence-electron chi connectivity index (χ2n) is 4.74. The van der Waals surface area contributed by atoms with E-state index >= 15 is 0 Å². The van der Waals surface area contributed by atoms with E-state index in [4.69, 9.17) is 9.15 Å². The quantitative estimate of drug-likeness (QED) is 0.594. The number of ether oxygens (including phenoxy) is 1. The highest BCUT2D eigenvalue weighted by molar-refractivity contribution is 14.1. The first kappa shape index (κ1) is 14.1. The van der Waals surface area contributed by atoms with E-state index in [0.717, 1.165) is 26.3 Å². The van der Waals surface area contributed by atoms with Crippen molar-refractivity contribution in [2.24, 2.45) is 0 Å². The van der Waals surface area contributed by atoms with Crippen molar-refractivity contribution in [2.45, 2.75) is 6.92 Å². The number of halogens is 1. The summed E-state index contributed by atoms with van der Waals surface area (Å²) >= 11 is 2.18. The molecule has 0 aliphatic heterocycles. The van der Waals surface area contributed by atoms with Gasteiger partial charge in [-0.15, -0.1) is 0 Å². The highest BCUT2D eigenvalue weighted by Crippen LogP contribution is 2.30. The van der Waals surface area contributed by atoms with Gasteiger partial charge in [-0.05, 0) is 31.2 Å². The first-order valence-corrected chi connectivity index (χ1v) is 7.63. The molecule has 0 N–H and O–H groups in total. The van der Waals surface area contributed by atoms with Crippen molar-refractivity contribution in [1.29, 1.82) is 0 Å². The van der Waals surface area contributed by atoms with Gasteiger partial charge in [-0.3, -0.25) is 0 Å². The summed E-state index contributed by atoms with van der Waals surface area (Å²) in [5, 5.41) is 0. The molecule has 1 aromatic heterocycles. The molecule has 106 valence electrons. The molecule has 2 aromatic carbocycles. The Bertz CT molecular complexity index is 745. The molecular formula is C17H14INO2. The zero-order chi connectivity index (χ0) is 14.8. The molecule has 1 heterocycles. The molecule has 0 bridgehead atoms. The highest BCUT2D eigenvalue weighted by atomic mass is 127. The second kappa shape index (κ2) is 5.89. The maximum Gasteiger partial charge on any atom is 0.228 e. The highest BCUT2D eigenvalue weighted by Gasteiger charge is 2.14. The van der Waals surface area contributed by atoms with Crippen molar-refractivity contribution in [1.82, 2.24) is 4.98 Å². The van der Waals surface area contributed by atoms with Gasteiger partial charge in [-0.2, -0.15) is 0 Å². The third kappa shape index (κ3) is 2.95. The zero-order valence-electron chi connectivity index (χ0n) is 11.8. The fraction of sp³-hybridized carbons (Fsp3) is 0.118. The summed E-state index contributed by atoms with van der Waals surface area (Å²) in [6, 6.07) is 16.0. The lowest BCUT2D eigenvalue weighted by Gasteiger charge is -1.99.